The minimum Gasteiger partial charge on any atom is -0.309 e. The Morgan fingerprint density at radius 2 is 0.803 bits per heavy atom. The first-order valence-electron chi connectivity index (χ1n) is 24.4. The Morgan fingerprint density at radius 3 is 1.49 bits per heavy atom. The highest BCUT2D eigenvalue weighted by Gasteiger charge is 2.37. The minimum atomic E-state index is -0.180. The molecule has 0 amide bonds. The van der Waals surface area contributed by atoms with E-state index < -0.39 is 0 Å². The smallest absolute Gasteiger partial charge is 0.166 e. The van der Waals surface area contributed by atoms with E-state index in [2.05, 4.69) is 241 Å². The Kier molecular flexibility index (Phi) is 9.17. The Labute approximate surface area is 411 Å². The lowest BCUT2D eigenvalue weighted by Crippen LogP contribution is -2.14. The summed E-state index contributed by atoms with van der Waals surface area (Å²) in [5.74, 6) is 1.87. The summed E-state index contributed by atoms with van der Waals surface area (Å²) in [6, 6.07) is 84.9. The highest BCUT2D eigenvalue weighted by Crippen LogP contribution is 2.52. The van der Waals surface area contributed by atoms with E-state index in [1.54, 1.807) is 0 Å². The van der Waals surface area contributed by atoms with Crippen molar-refractivity contribution in [2.75, 3.05) is 0 Å². The summed E-state index contributed by atoms with van der Waals surface area (Å²) in [5, 5.41) is 4.80. The van der Waals surface area contributed by atoms with Gasteiger partial charge in [-0.15, -0.1) is 0 Å². The number of fused-ring (bicyclic) bond motifs is 9. The van der Waals surface area contributed by atoms with Gasteiger partial charge in [0.2, 0.25) is 0 Å². The molecule has 71 heavy (non-hydrogen) atoms. The van der Waals surface area contributed by atoms with Crippen molar-refractivity contribution >= 4 is 43.6 Å². The van der Waals surface area contributed by atoms with Crippen LogP contribution in [0.2, 0.25) is 0 Å². The number of para-hydroxylation sites is 3. The third-order valence-electron chi connectivity index (χ3n) is 14.8. The molecule has 13 aromatic rings. The lowest BCUT2D eigenvalue weighted by atomic mass is 9.82. The molecule has 0 radical (unpaired) electrons. The molecule has 1 aliphatic rings. The molecule has 1 aliphatic carbocycles. The van der Waals surface area contributed by atoms with E-state index in [4.69, 9.17) is 15.0 Å². The van der Waals surface area contributed by atoms with Gasteiger partial charge in [-0.3, -0.25) is 0 Å². The van der Waals surface area contributed by atoms with E-state index >= 15 is 0 Å². The number of aromatic nitrogens is 5. The Bertz CT molecular complexity index is 4240. The van der Waals surface area contributed by atoms with Gasteiger partial charge in [0, 0.05) is 49.3 Å². The Morgan fingerprint density at radius 1 is 0.324 bits per heavy atom. The molecule has 10 aromatic carbocycles. The monoisotopic (exact) mass is 907 g/mol. The molecule has 0 aliphatic heterocycles. The third-order valence-corrected chi connectivity index (χ3v) is 14.8. The van der Waals surface area contributed by atoms with Gasteiger partial charge in [0.05, 0.1) is 27.8 Å². The lowest BCUT2D eigenvalue weighted by Gasteiger charge is -2.21. The van der Waals surface area contributed by atoms with Crippen molar-refractivity contribution in [3.05, 3.63) is 248 Å². The highest BCUT2D eigenvalue weighted by atomic mass is 15.1. The van der Waals surface area contributed by atoms with Crippen molar-refractivity contribution in [2.24, 2.45) is 0 Å². The van der Waals surface area contributed by atoms with Gasteiger partial charge >= 0.3 is 0 Å². The van der Waals surface area contributed by atoms with Crippen LogP contribution in [0.15, 0.2) is 237 Å². The quantitative estimate of drug-likeness (QED) is 0.160. The molecule has 0 atom stereocenters. The van der Waals surface area contributed by atoms with Crippen molar-refractivity contribution < 1.29 is 0 Å². The zero-order valence-electron chi connectivity index (χ0n) is 39.3. The van der Waals surface area contributed by atoms with Crippen molar-refractivity contribution in [3.8, 4) is 78.9 Å². The summed E-state index contributed by atoms with van der Waals surface area (Å²) in [6.07, 6.45) is 0. The van der Waals surface area contributed by atoms with Crippen LogP contribution in [0.1, 0.15) is 25.0 Å². The second kappa shape index (κ2) is 15.9. The van der Waals surface area contributed by atoms with Crippen LogP contribution in [-0.4, -0.2) is 24.1 Å². The number of hydrogen-bond donors (Lipinski definition) is 0. The van der Waals surface area contributed by atoms with Crippen LogP contribution >= 0.6 is 0 Å². The fourth-order valence-corrected chi connectivity index (χ4v) is 11.6. The second-order valence-electron chi connectivity index (χ2n) is 19.1. The SMILES string of the molecule is CC1(C)c2ccccc2-c2c(-c3nc(-c4ccccc4)nc(-c4ccc(-c5ccccc5)cc4-n4c5ccccc5c5c(-c6cccc7c6c6ccccc6n7-c6ccccc6)cccc54)n3)cccc21. The van der Waals surface area contributed by atoms with E-state index in [0.717, 1.165) is 50.2 Å². The first kappa shape index (κ1) is 40.8. The first-order valence-corrected chi connectivity index (χ1v) is 24.4. The lowest BCUT2D eigenvalue weighted by molar-refractivity contribution is 0.660. The van der Waals surface area contributed by atoms with Gasteiger partial charge < -0.3 is 9.13 Å². The number of nitrogens with zero attached hydrogens (tertiary/aromatic N) is 5. The van der Waals surface area contributed by atoms with Crippen LogP contribution in [-0.2, 0) is 5.41 Å². The molecule has 0 bridgehead atoms. The molecule has 0 unspecified atom stereocenters. The van der Waals surface area contributed by atoms with Crippen LogP contribution < -0.4 is 0 Å². The zero-order chi connectivity index (χ0) is 47.2. The maximum Gasteiger partial charge on any atom is 0.166 e. The molecular weight excluding hydrogens is 863 g/mol. The molecular formula is C66H45N5. The van der Waals surface area contributed by atoms with E-state index in [-0.39, 0.29) is 5.41 Å². The molecule has 0 spiro atoms. The predicted molar refractivity (Wildman–Crippen MR) is 293 cm³/mol. The molecule has 3 heterocycles. The summed E-state index contributed by atoms with van der Waals surface area (Å²) < 4.78 is 4.84. The van der Waals surface area contributed by atoms with Gasteiger partial charge in [0.15, 0.2) is 17.5 Å². The molecule has 0 fully saturated rings. The zero-order valence-corrected chi connectivity index (χ0v) is 39.3. The molecule has 3 aromatic heterocycles. The van der Waals surface area contributed by atoms with Gasteiger partial charge in [0.25, 0.3) is 0 Å². The third kappa shape index (κ3) is 6.29. The number of rotatable bonds is 7. The average Bonchev–Trinajstić information content (AvgIpc) is 4.05. The molecule has 0 saturated carbocycles. The van der Waals surface area contributed by atoms with E-state index in [1.165, 1.54) is 66.0 Å². The first-order chi connectivity index (χ1) is 35.0. The van der Waals surface area contributed by atoms with Crippen molar-refractivity contribution in [3.63, 3.8) is 0 Å². The fraction of sp³-hybridized carbons (Fsp3) is 0.0455. The molecule has 5 heteroatoms. The standard InChI is InChI=1S/C66H45N5/c1-66(2)53-33-15-12-27-48(53)60-52(32-18-34-54(60)66)65-68-63(43-23-8-4-9-24-43)67-64(69-65)51-40-39-44(42-21-6-3-7-22-42)41-59(51)71-56-36-17-14-29-50(56)62-47(31-20-38-58(62)71)46-30-19-37-57-61(46)49-28-13-16-35-55(49)70(57)45-25-10-5-11-26-45/h3-41H,1-2H3. The van der Waals surface area contributed by atoms with Crippen molar-refractivity contribution in [1.82, 2.24) is 24.1 Å². The van der Waals surface area contributed by atoms with Crippen LogP contribution in [0.4, 0.5) is 0 Å². The Balaban J connectivity index is 1.05. The van der Waals surface area contributed by atoms with Gasteiger partial charge in [-0.2, -0.15) is 0 Å². The average molecular weight is 908 g/mol. The predicted octanol–water partition coefficient (Wildman–Crippen LogP) is 16.7. The maximum absolute atomic E-state index is 5.55. The summed E-state index contributed by atoms with van der Waals surface area (Å²) in [4.78, 5) is 16.3. The minimum absolute atomic E-state index is 0.180. The van der Waals surface area contributed by atoms with Gasteiger partial charge in [-0.25, -0.2) is 15.0 Å². The summed E-state index contributed by atoms with van der Waals surface area (Å²) >= 11 is 0. The van der Waals surface area contributed by atoms with Crippen LogP contribution in [0.3, 0.4) is 0 Å². The van der Waals surface area contributed by atoms with Crippen LogP contribution in [0, 0.1) is 0 Å². The number of hydrogen-bond acceptors (Lipinski definition) is 3. The topological polar surface area (TPSA) is 48.5 Å². The Hall–Kier alpha value is -9.19. The van der Waals surface area contributed by atoms with Crippen molar-refractivity contribution in [1.29, 1.82) is 0 Å². The summed E-state index contributed by atoms with van der Waals surface area (Å²) in [5.41, 5.74) is 18.9. The largest absolute Gasteiger partial charge is 0.309 e. The van der Waals surface area contributed by atoms with Crippen LogP contribution in [0.5, 0.6) is 0 Å². The van der Waals surface area contributed by atoms with Gasteiger partial charge in [-0.05, 0) is 93.0 Å². The van der Waals surface area contributed by atoms with E-state index in [0.29, 0.717) is 17.5 Å². The van der Waals surface area contributed by atoms with Gasteiger partial charge in [-0.1, -0.05) is 202 Å². The molecule has 0 N–H and O–H groups in total. The van der Waals surface area contributed by atoms with E-state index in [1.807, 2.05) is 18.2 Å². The van der Waals surface area contributed by atoms with Crippen LogP contribution in [0.25, 0.3) is 123 Å². The summed E-state index contributed by atoms with van der Waals surface area (Å²) in [7, 11) is 0. The molecule has 5 nitrogen and oxygen atoms in total. The molecule has 334 valence electrons. The second-order valence-corrected chi connectivity index (χ2v) is 19.1. The van der Waals surface area contributed by atoms with E-state index in [9.17, 15) is 0 Å². The van der Waals surface area contributed by atoms with Gasteiger partial charge in [0.1, 0.15) is 0 Å². The highest BCUT2D eigenvalue weighted by molar-refractivity contribution is 6.22. The molecule has 14 rings (SSSR count). The molecule has 0 saturated heterocycles. The fourth-order valence-electron chi connectivity index (χ4n) is 11.6. The van der Waals surface area contributed by atoms with Crippen molar-refractivity contribution in [2.45, 2.75) is 19.3 Å². The maximum atomic E-state index is 5.55. The number of benzene rings is 10. The summed E-state index contributed by atoms with van der Waals surface area (Å²) in [6.45, 7) is 4.63. The normalized spacial score (nSPS) is 12.8.